The summed E-state index contributed by atoms with van der Waals surface area (Å²) in [6.07, 6.45) is 1.43. The second kappa shape index (κ2) is 3.69. The standard InChI is InChI=1S/C11H8O5/c1-15-11(14)8-4-6-2-3-16-9(6)5-7(8)10(12)13/h2-5H,1H3,(H,12,13). The molecule has 1 aromatic heterocycles. The predicted octanol–water partition coefficient (Wildman–Crippen LogP) is 1.92. The van der Waals surface area contributed by atoms with Crippen LogP contribution in [0.1, 0.15) is 20.7 Å². The highest BCUT2D eigenvalue weighted by atomic mass is 16.5. The second-order valence-electron chi connectivity index (χ2n) is 3.15. The molecule has 16 heavy (non-hydrogen) atoms. The maximum Gasteiger partial charge on any atom is 0.338 e. The molecule has 0 radical (unpaired) electrons. The van der Waals surface area contributed by atoms with Crippen LogP contribution >= 0.6 is 0 Å². The fourth-order valence-electron chi connectivity index (χ4n) is 1.47. The fraction of sp³-hybridized carbons (Fsp3) is 0.0909. The Hall–Kier alpha value is -2.30. The summed E-state index contributed by atoms with van der Waals surface area (Å²) in [5, 5.41) is 9.62. The van der Waals surface area contributed by atoms with Crippen LogP contribution in [0.15, 0.2) is 28.9 Å². The smallest absolute Gasteiger partial charge is 0.338 e. The summed E-state index contributed by atoms with van der Waals surface area (Å²) in [7, 11) is 1.20. The molecule has 0 fully saturated rings. The lowest BCUT2D eigenvalue weighted by Crippen LogP contribution is -2.09. The number of esters is 1. The van der Waals surface area contributed by atoms with Crippen LogP contribution in [0.2, 0.25) is 0 Å². The van der Waals surface area contributed by atoms with E-state index in [0.717, 1.165) is 0 Å². The van der Waals surface area contributed by atoms with E-state index in [1.807, 2.05) is 0 Å². The molecule has 5 heteroatoms. The highest BCUT2D eigenvalue weighted by Crippen LogP contribution is 2.21. The maximum atomic E-state index is 11.4. The van der Waals surface area contributed by atoms with Gasteiger partial charge in [0.2, 0.25) is 0 Å². The van der Waals surface area contributed by atoms with Gasteiger partial charge in [0.05, 0.1) is 24.5 Å². The Kier molecular flexibility index (Phi) is 2.36. The Labute approximate surface area is 90.2 Å². The third-order valence-corrected chi connectivity index (χ3v) is 2.23. The van der Waals surface area contributed by atoms with E-state index < -0.39 is 11.9 Å². The lowest BCUT2D eigenvalue weighted by Gasteiger charge is -2.03. The molecule has 5 nitrogen and oxygen atoms in total. The van der Waals surface area contributed by atoms with Crippen molar-refractivity contribution in [2.24, 2.45) is 0 Å². The summed E-state index contributed by atoms with van der Waals surface area (Å²) in [6.45, 7) is 0. The highest BCUT2D eigenvalue weighted by Gasteiger charge is 2.18. The molecule has 1 N–H and O–H groups in total. The third-order valence-electron chi connectivity index (χ3n) is 2.23. The summed E-state index contributed by atoms with van der Waals surface area (Å²) in [6, 6.07) is 4.39. The van der Waals surface area contributed by atoms with Crippen molar-refractivity contribution < 1.29 is 23.8 Å². The quantitative estimate of drug-likeness (QED) is 0.782. The molecule has 1 heterocycles. The molecular formula is C11H8O5. The number of methoxy groups -OCH3 is 1. The zero-order chi connectivity index (χ0) is 11.7. The van der Waals surface area contributed by atoms with Crippen molar-refractivity contribution in [3.05, 3.63) is 35.6 Å². The number of hydrogen-bond donors (Lipinski definition) is 1. The molecule has 2 aromatic rings. The van der Waals surface area contributed by atoms with E-state index in [1.54, 1.807) is 6.07 Å². The Morgan fingerprint density at radius 2 is 2.06 bits per heavy atom. The molecule has 82 valence electrons. The zero-order valence-corrected chi connectivity index (χ0v) is 8.39. The normalized spacial score (nSPS) is 10.3. The maximum absolute atomic E-state index is 11.4. The minimum Gasteiger partial charge on any atom is -0.478 e. The molecule has 0 unspecified atom stereocenters. The SMILES string of the molecule is COC(=O)c1cc2ccoc2cc1C(=O)O. The van der Waals surface area contributed by atoms with Crippen molar-refractivity contribution in [3.8, 4) is 0 Å². The molecule has 0 aliphatic carbocycles. The number of rotatable bonds is 2. The third kappa shape index (κ3) is 1.52. The van der Waals surface area contributed by atoms with Crippen LogP contribution in [0.5, 0.6) is 0 Å². The lowest BCUT2D eigenvalue weighted by molar-refractivity contribution is 0.0583. The first-order valence-corrected chi connectivity index (χ1v) is 4.46. The van der Waals surface area contributed by atoms with Crippen LogP contribution in [0.3, 0.4) is 0 Å². The molecule has 2 rings (SSSR count). The van der Waals surface area contributed by atoms with Crippen LogP contribution in [0.4, 0.5) is 0 Å². The Bertz CT molecular complexity index is 567. The van der Waals surface area contributed by atoms with Gasteiger partial charge in [0.15, 0.2) is 0 Å². The minimum absolute atomic E-state index is 0.0175. The van der Waals surface area contributed by atoms with Crippen molar-refractivity contribution in [3.63, 3.8) is 0 Å². The number of ether oxygens (including phenoxy) is 1. The average molecular weight is 220 g/mol. The molecular weight excluding hydrogens is 212 g/mol. The van der Waals surface area contributed by atoms with Crippen LogP contribution in [-0.4, -0.2) is 24.2 Å². The van der Waals surface area contributed by atoms with Gasteiger partial charge in [-0.1, -0.05) is 0 Å². The number of carbonyl (C=O) groups excluding carboxylic acids is 1. The van der Waals surface area contributed by atoms with E-state index in [9.17, 15) is 9.59 Å². The highest BCUT2D eigenvalue weighted by molar-refractivity contribution is 6.06. The summed E-state index contributed by atoms with van der Waals surface area (Å²) >= 11 is 0. The van der Waals surface area contributed by atoms with Crippen LogP contribution < -0.4 is 0 Å². The number of furan rings is 1. The average Bonchev–Trinajstić information content (AvgIpc) is 2.73. The number of carbonyl (C=O) groups is 2. The van der Waals surface area contributed by atoms with E-state index in [1.165, 1.54) is 25.5 Å². The molecule has 0 aliphatic rings. The first-order chi connectivity index (χ1) is 7.63. The van der Waals surface area contributed by atoms with Gasteiger partial charge in [0.1, 0.15) is 5.58 Å². The molecule has 0 saturated heterocycles. The molecule has 0 amide bonds. The fourth-order valence-corrected chi connectivity index (χ4v) is 1.47. The van der Waals surface area contributed by atoms with Crippen molar-refractivity contribution in [2.75, 3.05) is 7.11 Å². The van der Waals surface area contributed by atoms with Gasteiger partial charge >= 0.3 is 11.9 Å². The molecule has 0 spiro atoms. The molecule has 0 bridgehead atoms. The number of hydrogen-bond acceptors (Lipinski definition) is 4. The van der Waals surface area contributed by atoms with Crippen molar-refractivity contribution in [1.82, 2.24) is 0 Å². The molecule has 0 atom stereocenters. The molecule has 1 aromatic carbocycles. The van der Waals surface area contributed by atoms with E-state index in [2.05, 4.69) is 4.74 Å². The first-order valence-electron chi connectivity index (χ1n) is 4.46. The Morgan fingerprint density at radius 1 is 1.31 bits per heavy atom. The number of aromatic carboxylic acids is 1. The van der Waals surface area contributed by atoms with Gasteiger partial charge in [0, 0.05) is 5.39 Å². The number of benzene rings is 1. The number of carboxylic acids is 1. The van der Waals surface area contributed by atoms with Gasteiger partial charge in [-0.15, -0.1) is 0 Å². The van der Waals surface area contributed by atoms with Gasteiger partial charge < -0.3 is 14.3 Å². The monoisotopic (exact) mass is 220 g/mol. The van der Waals surface area contributed by atoms with Gasteiger partial charge in [-0.05, 0) is 18.2 Å². The van der Waals surface area contributed by atoms with Gasteiger partial charge in [0.25, 0.3) is 0 Å². The van der Waals surface area contributed by atoms with E-state index in [4.69, 9.17) is 9.52 Å². The number of carboxylic acid groups (broad SMARTS) is 1. The summed E-state index contributed by atoms with van der Waals surface area (Å²) in [5.74, 6) is -1.88. The number of fused-ring (bicyclic) bond motifs is 1. The van der Waals surface area contributed by atoms with Gasteiger partial charge in [-0.25, -0.2) is 9.59 Å². The minimum atomic E-state index is -1.20. The van der Waals surface area contributed by atoms with Gasteiger partial charge in [-0.3, -0.25) is 0 Å². The van der Waals surface area contributed by atoms with Crippen LogP contribution in [0, 0.1) is 0 Å². The van der Waals surface area contributed by atoms with E-state index in [0.29, 0.717) is 11.0 Å². The lowest BCUT2D eigenvalue weighted by atomic mass is 10.1. The largest absolute Gasteiger partial charge is 0.478 e. The molecule has 0 aliphatic heterocycles. The Balaban J connectivity index is 2.72. The zero-order valence-electron chi connectivity index (χ0n) is 8.39. The second-order valence-corrected chi connectivity index (χ2v) is 3.15. The van der Waals surface area contributed by atoms with Crippen molar-refractivity contribution in [2.45, 2.75) is 0 Å². The predicted molar refractivity (Wildman–Crippen MR) is 54.5 cm³/mol. The van der Waals surface area contributed by atoms with Gasteiger partial charge in [-0.2, -0.15) is 0 Å². The summed E-state index contributed by atoms with van der Waals surface area (Å²) in [5.41, 5.74) is 0.309. The van der Waals surface area contributed by atoms with Crippen molar-refractivity contribution >= 4 is 22.9 Å². The van der Waals surface area contributed by atoms with E-state index in [-0.39, 0.29) is 11.1 Å². The summed E-state index contributed by atoms with van der Waals surface area (Å²) in [4.78, 5) is 22.3. The van der Waals surface area contributed by atoms with Crippen molar-refractivity contribution in [1.29, 1.82) is 0 Å². The van der Waals surface area contributed by atoms with Crippen LogP contribution in [0.25, 0.3) is 11.0 Å². The van der Waals surface area contributed by atoms with E-state index >= 15 is 0 Å². The topological polar surface area (TPSA) is 76.7 Å². The summed E-state index contributed by atoms with van der Waals surface area (Å²) < 4.78 is 9.58. The Morgan fingerprint density at radius 3 is 2.69 bits per heavy atom. The molecule has 0 saturated carbocycles. The van der Waals surface area contributed by atoms with Crippen LogP contribution in [-0.2, 0) is 4.74 Å². The first kappa shape index (κ1) is 10.2.